The Morgan fingerprint density at radius 1 is 1.41 bits per heavy atom. The largest absolute Gasteiger partial charge is 0.385 e. The van der Waals surface area contributed by atoms with Crippen LogP contribution in [0.4, 0.5) is 5.69 Å². The molecule has 0 amide bonds. The van der Waals surface area contributed by atoms with Crippen LogP contribution in [0.15, 0.2) is 18.2 Å². The molecule has 17 heavy (non-hydrogen) atoms. The fraction of sp³-hybridized carbons (Fsp3) is 0.364. The second-order valence-corrected chi connectivity index (χ2v) is 4.52. The summed E-state index contributed by atoms with van der Waals surface area (Å²) >= 11 is 17.0. The van der Waals surface area contributed by atoms with Gasteiger partial charge < -0.3 is 15.4 Å². The Bertz CT molecular complexity index is 388. The highest BCUT2D eigenvalue weighted by Gasteiger charge is 2.05. The molecule has 0 aromatic heterocycles. The third-order valence-corrected chi connectivity index (χ3v) is 3.08. The van der Waals surface area contributed by atoms with E-state index >= 15 is 0 Å². The van der Waals surface area contributed by atoms with E-state index in [-0.39, 0.29) is 0 Å². The number of thiocarbonyl (C=S) groups is 1. The Balaban J connectivity index is 2.43. The highest BCUT2D eigenvalue weighted by atomic mass is 35.5. The molecule has 0 saturated carbocycles. The van der Waals surface area contributed by atoms with Gasteiger partial charge in [-0.2, -0.15) is 0 Å². The van der Waals surface area contributed by atoms with E-state index in [0.29, 0.717) is 27.5 Å². The van der Waals surface area contributed by atoms with Crippen LogP contribution in [0.5, 0.6) is 0 Å². The number of benzene rings is 1. The molecular formula is C11H14Cl2N2OS. The van der Waals surface area contributed by atoms with Gasteiger partial charge in [-0.25, -0.2) is 0 Å². The molecule has 0 heterocycles. The predicted octanol–water partition coefficient (Wildman–Crippen LogP) is 3.32. The summed E-state index contributed by atoms with van der Waals surface area (Å²) < 4.78 is 4.93. The van der Waals surface area contributed by atoms with Crippen molar-refractivity contribution in [1.82, 2.24) is 5.32 Å². The van der Waals surface area contributed by atoms with Gasteiger partial charge in [-0.15, -0.1) is 0 Å². The third kappa shape index (κ3) is 5.08. The van der Waals surface area contributed by atoms with E-state index in [1.165, 1.54) is 0 Å². The topological polar surface area (TPSA) is 33.3 Å². The van der Waals surface area contributed by atoms with Gasteiger partial charge in [0.15, 0.2) is 5.11 Å². The first-order chi connectivity index (χ1) is 8.15. The van der Waals surface area contributed by atoms with Crippen molar-refractivity contribution in [3.63, 3.8) is 0 Å². The molecule has 0 saturated heterocycles. The van der Waals surface area contributed by atoms with E-state index in [0.717, 1.165) is 13.0 Å². The molecule has 0 bridgehead atoms. The highest BCUT2D eigenvalue weighted by molar-refractivity contribution is 7.80. The molecule has 0 aliphatic carbocycles. The molecule has 0 aliphatic heterocycles. The van der Waals surface area contributed by atoms with Crippen LogP contribution in [0.2, 0.25) is 10.0 Å². The van der Waals surface area contributed by atoms with Gasteiger partial charge in [-0.3, -0.25) is 0 Å². The van der Waals surface area contributed by atoms with Crippen molar-refractivity contribution < 1.29 is 4.74 Å². The molecule has 1 aromatic rings. The zero-order valence-electron chi connectivity index (χ0n) is 9.43. The van der Waals surface area contributed by atoms with Crippen LogP contribution in [0, 0.1) is 0 Å². The van der Waals surface area contributed by atoms with E-state index in [1.807, 2.05) is 12.1 Å². The summed E-state index contributed by atoms with van der Waals surface area (Å²) in [6.45, 7) is 1.45. The zero-order valence-corrected chi connectivity index (χ0v) is 11.8. The van der Waals surface area contributed by atoms with Crippen molar-refractivity contribution >= 4 is 46.2 Å². The minimum Gasteiger partial charge on any atom is -0.385 e. The first-order valence-electron chi connectivity index (χ1n) is 5.13. The standard InChI is InChI=1S/C11H14Cl2N2OS/c1-16-7-3-6-14-11(17)15-9-5-2-4-8(12)10(9)13/h2,4-5H,3,6-7H2,1H3,(H2,14,15,17). The molecule has 0 aliphatic rings. The number of anilines is 1. The number of nitrogens with one attached hydrogen (secondary N) is 2. The molecule has 0 unspecified atom stereocenters. The molecular weight excluding hydrogens is 279 g/mol. The summed E-state index contributed by atoms with van der Waals surface area (Å²) in [5.41, 5.74) is 0.698. The van der Waals surface area contributed by atoms with E-state index in [9.17, 15) is 0 Å². The molecule has 1 aromatic carbocycles. The molecule has 0 spiro atoms. The number of hydrogen-bond acceptors (Lipinski definition) is 2. The number of hydrogen-bond donors (Lipinski definition) is 2. The van der Waals surface area contributed by atoms with Gasteiger partial charge in [0.25, 0.3) is 0 Å². The van der Waals surface area contributed by atoms with Crippen LogP contribution in [0.1, 0.15) is 6.42 Å². The maximum atomic E-state index is 6.02. The number of rotatable bonds is 5. The Kier molecular flexibility index (Phi) is 6.58. The lowest BCUT2D eigenvalue weighted by molar-refractivity contribution is 0.196. The predicted molar refractivity (Wildman–Crippen MR) is 77.2 cm³/mol. The minimum absolute atomic E-state index is 0.468. The van der Waals surface area contributed by atoms with Gasteiger partial charge in [0, 0.05) is 20.3 Å². The van der Waals surface area contributed by atoms with Crippen LogP contribution < -0.4 is 10.6 Å². The van der Waals surface area contributed by atoms with Crippen LogP contribution >= 0.6 is 35.4 Å². The van der Waals surface area contributed by atoms with Crippen molar-refractivity contribution in [2.75, 3.05) is 25.6 Å². The number of halogens is 2. The fourth-order valence-corrected chi connectivity index (χ4v) is 1.75. The second-order valence-electron chi connectivity index (χ2n) is 3.33. The summed E-state index contributed by atoms with van der Waals surface area (Å²) in [6.07, 6.45) is 0.890. The third-order valence-electron chi connectivity index (χ3n) is 2.01. The summed E-state index contributed by atoms with van der Waals surface area (Å²) in [7, 11) is 1.67. The second kappa shape index (κ2) is 7.71. The van der Waals surface area contributed by atoms with Crippen molar-refractivity contribution in [1.29, 1.82) is 0 Å². The Hall–Kier alpha value is -0.550. The molecule has 0 fully saturated rings. The average molecular weight is 293 g/mol. The zero-order chi connectivity index (χ0) is 12.7. The lowest BCUT2D eigenvalue weighted by Gasteiger charge is -2.12. The van der Waals surface area contributed by atoms with Crippen LogP contribution in [-0.4, -0.2) is 25.4 Å². The van der Waals surface area contributed by atoms with Crippen molar-refractivity contribution in [2.24, 2.45) is 0 Å². The minimum atomic E-state index is 0.468. The molecule has 0 radical (unpaired) electrons. The Morgan fingerprint density at radius 2 is 2.18 bits per heavy atom. The SMILES string of the molecule is COCCCNC(=S)Nc1cccc(Cl)c1Cl. The quantitative estimate of drug-likeness (QED) is 0.644. The summed E-state index contributed by atoms with van der Waals surface area (Å²) in [6, 6.07) is 5.35. The van der Waals surface area contributed by atoms with Gasteiger partial charge in [0.2, 0.25) is 0 Å². The van der Waals surface area contributed by atoms with Gasteiger partial charge >= 0.3 is 0 Å². The average Bonchev–Trinajstić information content (AvgIpc) is 2.31. The number of ether oxygens (including phenoxy) is 1. The number of methoxy groups -OCH3 is 1. The van der Waals surface area contributed by atoms with E-state index in [2.05, 4.69) is 10.6 Å². The Labute approximate surface area is 116 Å². The van der Waals surface area contributed by atoms with E-state index in [4.69, 9.17) is 40.2 Å². The summed E-state index contributed by atoms with van der Waals surface area (Å²) in [5, 5.41) is 7.53. The van der Waals surface area contributed by atoms with E-state index in [1.54, 1.807) is 13.2 Å². The van der Waals surface area contributed by atoms with Gasteiger partial charge in [-0.1, -0.05) is 29.3 Å². The maximum absolute atomic E-state index is 6.02. The van der Waals surface area contributed by atoms with Crippen LogP contribution in [0.25, 0.3) is 0 Å². The van der Waals surface area contributed by atoms with Crippen LogP contribution in [0.3, 0.4) is 0 Å². The fourth-order valence-electron chi connectivity index (χ4n) is 1.19. The molecule has 0 atom stereocenters. The molecule has 94 valence electrons. The molecule has 1 rings (SSSR count). The smallest absolute Gasteiger partial charge is 0.170 e. The van der Waals surface area contributed by atoms with Crippen molar-refractivity contribution in [3.05, 3.63) is 28.2 Å². The van der Waals surface area contributed by atoms with Gasteiger partial charge in [-0.05, 0) is 30.8 Å². The monoisotopic (exact) mass is 292 g/mol. The Morgan fingerprint density at radius 3 is 2.88 bits per heavy atom. The first-order valence-corrected chi connectivity index (χ1v) is 6.29. The highest BCUT2D eigenvalue weighted by Crippen LogP contribution is 2.29. The molecule has 3 nitrogen and oxygen atoms in total. The van der Waals surface area contributed by atoms with Crippen LogP contribution in [-0.2, 0) is 4.74 Å². The maximum Gasteiger partial charge on any atom is 0.170 e. The lowest BCUT2D eigenvalue weighted by Crippen LogP contribution is -2.29. The van der Waals surface area contributed by atoms with Crippen molar-refractivity contribution in [3.8, 4) is 0 Å². The lowest BCUT2D eigenvalue weighted by atomic mass is 10.3. The van der Waals surface area contributed by atoms with Gasteiger partial charge in [0.1, 0.15) is 0 Å². The summed E-state index contributed by atoms with van der Waals surface area (Å²) in [5.74, 6) is 0. The first kappa shape index (κ1) is 14.5. The van der Waals surface area contributed by atoms with E-state index < -0.39 is 0 Å². The molecule has 6 heteroatoms. The summed E-state index contributed by atoms with van der Waals surface area (Å²) in [4.78, 5) is 0. The van der Waals surface area contributed by atoms with Gasteiger partial charge in [0.05, 0.1) is 15.7 Å². The molecule has 2 N–H and O–H groups in total. The van der Waals surface area contributed by atoms with Crippen molar-refractivity contribution in [2.45, 2.75) is 6.42 Å². The normalized spacial score (nSPS) is 10.1.